The third-order valence-corrected chi connectivity index (χ3v) is 2.98. The van der Waals surface area contributed by atoms with Crippen LogP contribution in [0.1, 0.15) is 24.8 Å². The fourth-order valence-electron chi connectivity index (χ4n) is 1.28. The summed E-state index contributed by atoms with van der Waals surface area (Å²) in [5.74, 6) is 0.793. The van der Waals surface area contributed by atoms with Crippen molar-refractivity contribution in [3.05, 3.63) is 28.8 Å². The zero-order chi connectivity index (χ0) is 11.1. The Bertz CT molecular complexity index is 302. The number of rotatable bonds is 6. The average Bonchev–Trinajstić information content (AvgIpc) is 2.20. The topological polar surface area (TPSA) is 9.23 Å². The molecular formula is C12H16BrClO. The van der Waals surface area contributed by atoms with Crippen LogP contribution in [-0.2, 0) is 0 Å². The lowest BCUT2D eigenvalue weighted by Crippen LogP contribution is -1.98. The lowest BCUT2D eigenvalue weighted by molar-refractivity contribution is 0.306. The quantitative estimate of drug-likeness (QED) is 0.550. The van der Waals surface area contributed by atoms with Crippen molar-refractivity contribution < 1.29 is 4.74 Å². The SMILES string of the molecule is Cc1ccc(OCCCCCBr)c(Cl)c1. The minimum atomic E-state index is 0.704. The molecule has 0 fully saturated rings. The third kappa shape index (κ3) is 4.89. The summed E-state index contributed by atoms with van der Waals surface area (Å²) in [5, 5.41) is 1.77. The standard InChI is InChI=1S/C12H16BrClO/c1-10-5-6-12(11(14)9-10)15-8-4-2-3-7-13/h5-6,9H,2-4,7-8H2,1H3. The fourth-order valence-corrected chi connectivity index (χ4v) is 1.96. The van der Waals surface area contributed by atoms with Gasteiger partial charge in [-0.05, 0) is 43.9 Å². The van der Waals surface area contributed by atoms with E-state index in [1.807, 2.05) is 25.1 Å². The van der Waals surface area contributed by atoms with Gasteiger partial charge in [-0.25, -0.2) is 0 Å². The number of alkyl halides is 1. The monoisotopic (exact) mass is 290 g/mol. The van der Waals surface area contributed by atoms with Crippen LogP contribution in [0.5, 0.6) is 5.75 Å². The Kier molecular flexibility index (Phi) is 6.11. The molecule has 0 spiro atoms. The molecular weight excluding hydrogens is 275 g/mol. The molecule has 1 aromatic rings. The smallest absolute Gasteiger partial charge is 0.137 e. The molecule has 0 aliphatic carbocycles. The molecule has 0 atom stereocenters. The van der Waals surface area contributed by atoms with E-state index in [2.05, 4.69) is 15.9 Å². The average molecular weight is 292 g/mol. The minimum Gasteiger partial charge on any atom is -0.492 e. The van der Waals surface area contributed by atoms with Gasteiger partial charge >= 0.3 is 0 Å². The summed E-state index contributed by atoms with van der Waals surface area (Å²) in [5.41, 5.74) is 1.16. The van der Waals surface area contributed by atoms with Crippen molar-refractivity contribution in [2.24, 2.45) is 0 Å². The molecule has 0 aromatic heterocycles. The number of ether oxygens (including phenoxy) is 1. The number of benzene rings is 1. The van der Waals surface area contributed by atoms with E-state index in [0.717, 1.165) is 29.7 Å². The molecule has 0 heterocycles. The zero-order valence-corrected chi connectivity index (χ0v) is 11.3. The van der Waals surface area contributed by atoms with E-state index in [1.54, 1.807) is 0 Å². The first-order valence-electron chi connectivity index (χ1n) is 5.19. The highest BCUT2D eigenvalue weighted by atomic mass is 79.9. The summed E-state index contributed by atoms with van der Waals surface area (Å²) < 4.78 is 5.59. The van der Waals surface area contributed by atoms with E-state index in [-0.39, 0.29) is 0 Å². The summed E-state index contributed by atoms with van der Waals surface area (Å²) >= 11 is 9.44. The van der Waals surface area contributed by atoms with E-state index < -0.39 is 0 Å². The maximum absolute atomic E-state index is 6.04. The molecule has 3 heteroatoms. The Labute approximate surface area is 105 Å². The molecule has 0 radical (unpaired) electrons. The Morgan fingerprint density at radius 1 is 1.27 bits per heavy atom. The number of hydrogen-bond donors (Lipinski definition) is 0. The molecule has 0 N–H and O–H groups in total. The molecule has 1 rings (SSSR count). The van der Waals surface area contributed by atoms with Crippen molar-refractivity contribution in [1.29, 1.82) is 0 Å². The van der Waals surface area contributed by atoms with Crippen LogP contribution in [0.3, 0.4) is 0 Å². The summed E-state index contributed by atoms with van der Waals surface area (Å²) in [6, 6.07) is 5.87. The predicted octanol–water partition coefficient (Wildman–Crippen LogP) is 4.59. The Morgan fingerprint density at radius 3 is 2.73 bits per heavy atom. The van der Waals surface area contributed by atoms with Gasteiger partial charge in [-0.2, -0.15) is 0 Å². The molecule has 15 heavy (non-hydrogen) atoms. The van der Waals surface area contributed by atoms with Crippen molar-refractivity contribution in [1.82, 2.24) is 0 Å². The zero-order valence-electron chi connectivity index (χ0n) is 8.93. The molecule has 0 saturated heterocycles. The first kappa shape index (κ1) is 12.9. The highest BCUT2D eigenvalue weighted by molar-refractivity contribution is 9.09. The highest BCUT2D eigenvalue weighted by Gasteiger charge is 2.00. The van der Waals surface area contributed by atoms with Crippen LogP contribution < -0.4 is 4.74 Å². The Balaban J connectivity index is 2.31. The first-order chi connectivity index (χ1) is 7.24. The van der Waals surface area contributed by atoms with Gasteiger partial charge < -0.3 is 4.74 Å². The normalized spacial score (nSPS) is 10.3. The lowest BCUT2D eigenvalue weighted by atomic mass is 10.2. The van der Waals surface area contributed by atoms with E-state index in [4.69, 9.17) is 16.3 Å². The highest BCUT2D eigenvalue weighted by Crippen LogP contribution is 2.25. The van der Waals surface area contributed by atoms with Crippen molar-refractivity contribution in [2.45, 2.75) is 26.2 Å². The van der Waals surface area contributed by atoms with Crippen molar-refractivity contribution in [2.75, 3.05) is 11.9 Å². The Hall–Kier alpha value is -0.210. The second kappa shape index (κ2) is 7.13. The first-order valence-corrected chi connectivity index (χ1v) is 6.69. The van der Waals surface area contributed by atoms with Crippen LogP contribution in [0.15, 0.2) is 18.2 Å². The van der Waals surface area contributed by atoms with Crippen LogP contribution >= 0.6 is 27.5 Å². The number of hydrogen-bond acceptors (Lipinski definition) is 1. The van der Waals surface area contributed by atoms with Gasteiger partial charge in [0, 0.05) is 5.33 Å². The van der Waals surface area contributed by atoms with Gasteiger partial charge in [0.2, 0.25) is 0 Å². The minimum absolute atomic E-state index is 0.704. The van der Waals surface area contributed by atoms with E-state index in [9.17, 15) is 0 Å². The molecule has 0 unspecified atom stereocenters. The third-order valence-electron chi connectivity index (χ3n) is 2.12. The van der Waals surface area contributed by atoms with Crippen molar-refractivity contribution in [3.8, 4) is 5.75 Å². The maximum atomic E-state index is 6.04. The van der Waals surface area contributed by atoms with E-state index in [1.165, 1.54) is 12.8 Å². The van der Waals surface area contributed by atoms with Gasteiger partial charge in [-0.1, -0.05) is 33.6 Å². The van der Waals surface area contributed by atoms with E-state index >= 15 is 0 Å². The van der Waals surface area contributed by atoms with Gasteiger partial charge in [-0.15, -0.1) is 0 Å². The molecule has 84 valence electrons. The number of unbranched alkanes of at least 4 members (excludes halogenated alkanes) is 2. The summed E-state index contributed by atoms with van der Waals surface area (Å²) in [6.45, 7) is 2.77. The molecule has 0 aliphatic rings. The molecule has 0 amide bonds. The van der Waals surface area contributed by atoms with Crippen LogP contribution in [0.2, 0.25) is 5.02 Å². The van der Waals surface area contributed by atoms with Crippen LogP contribution in [0.25, 0.3) is 0 Å². The fraction of sp³-hybridized carbons (Fsp3) is 0.500. The van der Waals surface area contributed by atoms with Gasteiger partial charge in [0.15, 0.2) is 0 Å². The van der Waals surface area contributed by atoms with Crippen molar-refractivity contribution >= 4 is 27.5 Å². The van der Waals surface area contributed by atoms with Crippen LogP contribution in [0, 0.1) is 6.92 Å². The molecule has 0 bridgehead atoms. The largest absolute Gasteiger partial charge is 0.492 e. The molecule has 0 aliphatic heterocycles. The number of halogens is 2. The van der Waals surface area contributed by atoms with Gasteiger partial charge in [0.1, 0.15) is 5.75 Å². The molecule has 1 aromatic carbocycles. The van der Waals surface area contributed by atoms with Crippen LogP contribution in [0.4, 0.5) is 0 Å². The maximum Gasteiger partial charge on any atom is 0.137 e. The summed E-state index contributed by atoms with van der Waals surface area (Å²) in [4.78, 5) is 0. The molecule has 1 nitrogen and oxygen atoms in total. The lowest BCUT2D eigenvalue weighted by Gasteiger charge is -2.08. The second-order valence-corrected chi connectivity index (χ2v) is 4.73. The van der Waals surface area contributed by atoms with Gasteiger partial charge in [0.05, 0.1) is 11.6 Å². The van der Waals surface area contributed by atoms with Gasteiger partial charge in [-0.3, -0.25) is 0 Å². The predicted molar refractivity (Wildman–Crippen MR) is 69.3 cm³/mol. The molecule has 0 saturated carbocycles. The number of aryl methyl sites for hydroxylation is 1. The summed E-state index contributed by atoms with van der Waals surface area (Å²) in [6.07, 6.45) is 3.47. The Morgan fingerprint density at radius 2 is 2.07 bits per heavy atom. The van der Waals surface area contributed by atoms with Crippen molar-refractivity contribution in [3.63, 3.8) is 0 Å². The van der Waals surface area contributed by atoms with E-state index in [0.29, 0.717) is 5.02 Å². The van der Waals surface area contributed by atoms with Crippen LogP contribution in [-0.4, -0.2) is 11.9 Å². The second-order valence-electron chi connectivity index (χ2n) is 3.53. The van der Waals surface area contributed by atoms with Gasteiger partial charge in [0.25, 0.3) is 0 Å². The summed E-state index contributed by atoms with van der Waals surface area (Å²) in [7, 11) is 0.